The Balaban J connectivity index is 1.62. The molecule has 0 aromatic heterocycles. The van der Waals surface area contributed by atoms with Gasteiger partial charge >= 0.3 is 0 Å². The van der Waals surface area contributed by atoms with Crippen molar-refractivity contribution in [3.05, 3.63) is 0 Å². The molecular formula is C15H27N3. The van der Waals surface area contributed by atoms with Crippen molar-refractivity contribution in [1.29, 1.82) is 0 Å². The lowest BCUT2D eigenvalue weighted by atomic mass is 9.82. The van der Waals surface area contributed by atoms with Gasteiger partial charge in [-0.25, -0.2) is 0 Å². The van der Waals surface area contributed by atoms with Gasteiger partial charge in [-0.2, -0.15) is 0 Å². The van der Waals surface area contributed by atoms with E-state index in [-0.39, 0.29) is 0 Å². The molecule has 18 heavy (non-hydrogen) atoms. The standard InChI is InChI=1S/C15H27N3/c16-11-15(18-10-12-4-5-13(18)9-12)6-8-17-7-2-1-3-14(15)17/h12-14H,1-11,16H2. The van der Waals surface area contributed by atoms with Gasteiger partial charge in [0, 0.05) is 31.7 Å². The number of rotatable bonds is 2. The fourth-order valence-corrected chi connectivity index (χ4v) is 5.53. The third-order valence-electron chi connectivity index (χ3n) is 6.40. The smallest absolute Gasteiger partial charge is 0.0501 e. The monoisotopic (exact) mass is 249 g/mol. The first-order chi connectivity index (χ1) is 8.83. The van der Waals surface area contributed by atoms with Crippen molar-refractivity contribution in [2.45, 2.75) is 62.6 Å². The average Bonchev–Trinajstić information content (AvgIpc) is 3.12. The van der Waals surface area contributed by atoms with E-state index < -0.39 is 0 Å². The van der Waals surface area contributed by atoms with Gasteiger partial charge in [0.1, 0.15) is 0 Å². The van der Waals surface area contributed by atoms with Crippen LogP contribution in [0.25, 0.3) is 0 Å². The van der Waals surface area contributed by atoms with Crippen LogP contribution in [0.2, 0.25) is 0 Å². The number of hydrogen-bond donors (Lipinski definition) is 1. The Hall–Kier alpha value is -0.120. The second-order valence-electron chi connectivity index (χ2n) is 7.09. The van der Waals surface area contributed by atoms with Crippen molar-refractivity contribution in [3.8, 4) is 0 Å². The van der Waals surface area contributed by atoms with Crippen molar-refractivity contribution < 1.29 is 0 Å². The number of nitrogens with two attached hydrogens (primary N) is 1. The van der Waals surface area contributed by atoms with Gasteiger partial charge in [0.15, 0.2) is 0 Å². The minimum atomic E-state index is 0.347. The van der Waals surface area contributed by atoms with Gasteiger partial charge < -0.3 is 5.73 Å². The molecule has 4 unspecified atom stereocenters. The Bertz CT molecular complexity index is 332. The SMILES string of the molecule is NCC1(N2CC3CCC2C3)CCN2CCCCC21. The number of piperidine rings is 2. The van der Waals surface area contributed by atoms with E-state index in [1.165, 1.54) is 64.6 Å². The molecular weight excluding hydrogens is 222 g/mol. The third kappa shape index (κ3) is 1.47. The molecule has 1 saturated carbocycles. The van der Waals surface area contributed by atoms with Crippen LogP contribution in [-0.4, -0.2) is 53.6 Å². The maximum absolute atomic E-state index is 6.32. The van der Waals surface area contributed by atoms with Crippen LogP contribution in [0, 0.1) is 5.92 Å². The highest BCUT2D eigenvalue weighted by Gasteiger charge is 2.55. The summed E-state index contributed by atoms with van der Waals surface area (Å²) in [7, 11) is 0. The van der Waals surface area contributed by atoms with Gasteiger partial charge in [-0.15, -0.1) is 0 Å². The summed E-state index contributed by atoms with van der Waals surface area (Å²) in [4.78, 5) is 5.62. The van der Waals surface area contributed by atoms with E-state index in [4.69, 9.17) is 5.73 Å². The maximum Gasteiger partial charge on any atom is 0.0501 e. The predicted molar refractivity (Wildman–Crippen MR) is 73.4 cm³/mol. The van der Waals surface area contributed by atoms with Crippen molar-refractivity contribution in [2.24, 2.45) is 11.7 Å². The Morgan fingerprint density at radius 3 is 2.78 bits per heavy atom. The molecule has 102 valence electrons. The van der Waals surface area contributed by atoms with E-state index in [1.807, 2.05) is 0 Å². The van der Waals surface area contributed by atoms with Gasteiger partial charge in [0.25, 0.3) is 0 Å². The van der Waals surface area contributed by atoms with Crippen molar-refractivity contribution in [2.75, 3.05) is 26.2 Å². The summed E-state index contributed by atoms with van der Waals surface area (Å²) in [6, 6.07) is 1.65. The number of nitrogens with zero attached hydrogens (tertiary/aromatic N) is 2. The Kier molecular flexibility index (Phi) is 2.72. The highest BCUT2D eigenvalue weighted by Crippen LogP contribution is 2.47. The topological polar surface area (TPSA) is 32.5 Å². The zero-order valence-electron chi connectivity index (χ0n) is 11.5. The summed E-state index contributed by atoms with van der Waals surface area (Å²) in [5.74, 6) is 0.996. The van der Waals surface area contributed by atoms with Crippen LogP contribution < -0.4 is 5.73 Å². The molecule has 4 fully saturated rings. The van der Waals surface area contributed by atoms with E-state index >= 15 is 0 Å². The quantitative estimate of drug-likeness (QED) is 0.803. The van der Waals surface area contributed by atoms with Crippen LogP contribution in [0.3, 0.4) is 0 Å². The fraction of sp³-hybridized carbons (Fsp3) is 1.00. The van der Waals surface area contributed by atoms with Crippen LogP contribution in [0.4, 0.5) is 0 Å². The van der Waals surface area contributed by atoms with Crippen molar-refractivity contribution in [3.63, 3.8) is 0 Å². The van der Waals surface area contributed by atoms with Crippen LogP contribution in [0.15, 0.2) is 0 Å². The van der Waals surface area contributed by atoms with E-state index in [2.05, 4.69) is 9.80 Å². The molecule has 3 heteroatoms. The zero-order valence-corrected chi connectivity index (χ0v) is 11.5. The van der Waals surface area contributed by atoms with Crippen LogP contribution in [0.5, 0.6) is 0 Å². The molecule has 3 saturated heterocycles. The molecule has 4 atom stereocenters. The number of hydrogen-bond acceptors (Lipinski definition) is 3. The minimum Gasteiger partial charge on any atom is -0.329 e. The second kappa shape index (κ2) is 4.19. The molecule has 3 heterocycles. The van der Waals surface area contributed by atoms with Gasteiger partial charge in [-0.3, -0.25) is 9.80 Å². The van der Waals surface area contributed by atoms with Gasteiger partial charge in [0.2, 0.25) is 0 Å². The summed E-state index contributed by atoms with van der Waals surface area (Å²) < 4.78 is 0. The second-order valence-corrected chi connectivity index (χ2v) is 7.09. The molecule has 4 rings (SSSR count). The van der Waals surface area contributed by atoms with E-state index in [9.17, 15) is 0 Å². The molecule has 3 nitrogen and oxygen atoms in total. The molecule has 2 N–H and O–H groups in total. The zero-order chi connectivity index (χ0) is 12.2. The molecule has 2 bridgehead atoms. The first-order valence-corrected chi connectivity index (χ1v) is 8.04. The lowest BCUT2D eigenvalue weighted by molar-refractivity contribution is 0.0159. The molecule has 3 aliphatic heterocycles. The van der Waals surface area contributed by atoms with E-state index in [0.29, 0.717) is 5.54 Å². The molecule has 0 amide bonds. The highest BCUT2D eigenvalue weighted by atomic mass is 15.4. The van der Waals surface area contributed by atoms with Crippen molar-refractivity contribution in [1.82, 2.24) is 9.80 Å². The fourth-order valence-electron chi connectivity index (χ4n) is 5.53. The Morgan fingerprint density at radius 2 is 2.06 bits per heavy atom. The minimum absolute atomic E-state index is 0.347. The normalized spacial score (nSPS) is 48.8. The lowest BCUT2D eigenvalue weighted by Gasteiger charge is -2.49. The third-order valence-corrected chi connectivity index (χ3v) is 6.40. The Labute approximate surface area is 111 Å². The van der Waals surface area contributed by atoms with Crippen molar-refractivity contribution >= 4 is 0 Å². The number of likely N-dealkylation sites (tertiary alicyclic amines) is 1. The van der Waals surface area contributed by atoms with Crippen LogP contribution >= 0.6 is 0 Å². The van der Waals surface area contributed by atoms with Gasteiger partial charge in [0.05, 0.1) is 5.54 Å². The highest BCUT2D eigenvalue weighted by molar-refractivity contribution is 5.13. The van der Waals surface area contributed by atoms with E-state index in [1.54, 1.807) is 0 Å². The molecule has 1 aliphatic carbocycles. The molecule has 0 spiro atoms. The molecule has 0 radical (unpaired) electrons. The summed E-state index contributed by atoms with van der Waals surface area (Å²) in [5.41, 5.74) is 6.67. The first kappa shape index (κ1) is 11.7. The average molecular weight is 249 g/mol. The van der Waals surface area contributed by atoms with E-state index in [0.717, 1.165) is 24.5 Å². The first-order valence-electron chi connectivity index (χ1n) is 8.04. The molecule has 0 aromatic carbocycles. The predicted octanol–water partition coefficient (Wildman–Crippen LogP) is 1.43. The maximum atomic E-state index is 6.32. The summed E-state index contributed by atoms with van der Waals surface area (Å²) >= 11 is 0. The largest absolute Gasteiger partial charge is 0.329 e. The summed E-state index contributed by atoms with van der Waals surface area (Å²) in [6.45, 7) is 4.87. The number of fused-ring (bicyclic) bond motifs is 3. The lowest BCUT2D eigenvalue weighted by Crippen LogP contribution is -2.63. The summed E-state index contributed by atoms with van der Waals surface area (Å²) in [6.07, 6.45) is 9.94. The molecule has 4 aliphatic rings. The molecule has 0 aromatic rings. The van der Waals surface area contributed by atoms with Crippen LogP contribution in [-0.2, 0) is 0 Å². The van der Waals surface area contributed by atoms with Gasteiger partial charge in [-0.1, -0.05) is 6.42 Å². The van der Waals surface area contributed by atoms with Gasteiger partial charge in [-0.05, 0) is 51.0 Å². The Morgan fingerprint density at radius 1 is 1.11 bits per heavy atom. The van der Waals surface area contributed by atoms with Crippen LogP contribution in [0.1, 0.15) is 44.9 Å². The summed E-state index contributed by atoms with van der Waals surface area (Å²) in [5, 5.41) is 0.